The summed E-state index contributed by atoms with van der Waals surface area (Å²) in [5.74, 6) is -0.366. The second-order valence-corrected chi connectivity index (χ2v) is 7.82. The van der Waals surface area contributed by atoms with Gasteiger partial charge in [0.05, 0.1) is 26.3 Å². The number of anilines is 1. The van der Waals surface area contributed by atoms with E-state index in [1.807, 2.05) is 36.6 Å². The van der Waals surface area contributed by atoms with Crippen molar-refractivity contribution in [2.24, 2.45) is 0 Å². The SMILES string of the molecule is Cc1ccc(-c2csc3nc(NC(=O)c4c(Cl)ccc(Cl)c4Cl)nn23)cc1. The second-order valence-electron chi connectivity index (χ2n) is 5.79. The molecule has 2 heterocycles. The van der Waals surface area contributed by atoms with Crippen LogP contribution < -0.4 is 5.32 Å². The van der Waals surface area contributed by atoms with E-state index in [1.165, 1.54) is 29.0 Å². The van der Waals surface area contributed by atoms with Crippen LogP contribution in [0.5, 0.6) is 0 Å². The molecule has 0 unspecified atom stereocenters. The summed E-state index contributed by atoms with van der Waals surface area (Å²) in [5, 5.41) is 9.51. The van der Waals surface area contributed by atoms with Gasteiger partial charge in [0.2, 0.25) is 4.96 Å². The maximum Gasteiger partial charge on any atom is 0.261 e. The minimum absolute atomic E-state index is 0.0859. The first-order chi connectivity index (χ1) is 12.9. The van der Waals surface area contributed by atoms with Crippen molar-refractivity contribution in [3.8, 4) is 11.3 Å². The molecule has 9 heteroatoms. The van der Waals surface area contributed by atoms with Crippen LogP contribution in [0.1, 0.15) is 15.9 Å². The summed E-state index contributed by atoms with van der Waals surface area (Å²) in [6, 6.07) is 11.1. The number of amides is 1. The van der Waals surface area contributed by atoms with E-state index in [9.17, 15) is 4.79 Å². The lowest BCUT2D eigenvalue weighted by molar-refractivity contribution is 0.102. The molecular formula is C18H11Cl3N4OS. The fourth-order valence-electron chi connectivity index (χ4n) is 2.56. The number of halogens is 3. The summed E-state index contributed by atoms with van der Waals surface area (Å²) in [5.41, 5.74) is 3.16. The number of benzene rings is 2. The molecule has 0 fully saturated rings. The Labute approximate surface area is 173 Å². The van der Waals surface area contributed by atoms with E-state index in [0.717, 1.165) is 11.3 Å². The van der Waals surface area contributed by atoms with E-state index in [0.29, 0.717) is 4.96 Å². The first kappa shape index (κ1) is 18.3. The zero-order chi connectivity index (χ0) is 19.1. The largest absolute Gasteiger partial charge is 0.289 e. The third kappa shape index (κ3) is 3.41. The van der Waals surface area contributed by atoms with Crippen LogP contribution in [0, 0.1) is 6.92 Å². The predicted molar refractivity (Wildman–Crippen MR) is 110 cm³/mol. The molecule has 0 aliphatic rings. The second kappa shape index (κ2) is 7.13. The van der Waals surface area contributed by atoms with Crippen molar-refractivity contribution in [3.05, 3.63) is 68.0 Å². The van der Waals surface area contributed by atoms with Crippen molar-refractivity contribution in [1.82, 2.24) is 14.6 Å². The lowest BCUT2D eigenvalue weighted by Crippen LogP contribution is -2.14. The van der Waals surface area contributed by atoms with Gasteiger partial charge in [0, 0.05) is 10.9 Å². The molecule has 0 bridgehead atoms. The normalized spacial score (nSPS) is 11.1. The number of aryl methyl sites for hydroxylation is 1. The molecule has 0 aliphatic carbocycles. The molecule has 0 atom stereocenters. The van der Waals surface area contributed by atoms with Gasteiger partial charge in [-0.15, -0.1) is 16.4 Å². The van der Waals surface area contributed by atoms with E-state index in [2.05, 4.69) is 15.4 Å². The number of fused-ring (bicyclic) bond motifs is 1. The number of carbonyl (C=O) groups excluding carboxylic acids is 1. The predicted octanol–water partition coefficient (Wildman–Crippen LogP) is 5.98. The minimum Gasteiger partial charge on any atom is -0.289 e. The monoisotopic (exact) mass is 436 g/mol. The van der Waals surface area contributed by atoms with Crippen molar-refractivity contribution in [2.75, 3.05) is 5.32 Å². The highest BCUT2D eigenvalue weighted by atomic mass is 35.5. The van der Waals surface area contributed by atoms with Crippen LogP contribution in [-0.4, -0.2) is 20.5 Å². The lowest BCUT2D eigenvalue weighted by atomic mass is 10.1. The highest BCUT2D eigenvalue weighted by molar-refractivity contribution is 7.15. The average molecular weight is 438 g/mol. The Hall–Kier alpha value is -2.12. The number of nitrogens with zero attached hydrogens (tertiary/aromatic N) is 3. The lowest BCUT2D eigenvalue weighted by Gasteiger charge is -2.07. The van der Waals surface area contributed by atoms with E-state index in [-0.39, 0.29) is 26.6 Å². The van der Waals surface area contributed by atoms with Gasteiger partial charge < -0.3 is 0 Å². The van der Waals surface area contributed by atoms with E-state index in [4.69, 9.17) is 34.8 Å². The molecule has 0 saturated heterocycles. The van der Waals surface area contributed by atoms with Crippen molar-refractivity contribution in [3.63, 3.8) is 0 Å². The Morgan fingerprint density at radius 3 is 2.52 bits per heavy atom. The summed E-state index contributed by atoms with van der Waals surface area (Å²) in [6.07, 6.45) is 0. The topological polar surface area (TPSA) is 59.3 Å². The van der Waals surface area contributed by atoms with Crippen LogP contribution in [-0.2, 0) is 0 Å². The molecule has 4 aromatic rings. The Morgan fingerprint density at radius 1 is 1.07 bits per heavy atom. The number of thiazole rings is 1. The first-order valence-corrected chi connectivity index (χ1v) is 9.81. The Kier molecular flexibility index (Phi) is 4.82. The van der Waals surface area contributed by atoms with Gasteiger partial charge in [0.25, 0.3) is 11.9 Å². The number of aromatic nitrogens is 3. The van der Waals surface area contributed by atoms with Gasteiger partial charge >= 0.3 is 0 Å². The van der Waals surface area contributed by atoms with Crippen molar-refractivity contribution >= 4 is 63.0 Å². The van der Waals surface area contributed by atoms with Crippen molar-refractivity contribution in [2.45, 2.75) is 6.92 Å². The first-order valence-electron chi connectivity index (χ1n) is 7.80. The molecule has 27 heavy (non-hydrogen) atoms. The van der Waals surface area contributed by atoms with Crippen LogP contribution in [0.2, 0.25) is 15.1 Å². The summed E-state index contributed by atoms with van der Waals surface area (Å²) in [6.45, 7) is 2.03. The van der Waals surface area contributed by atoms with Gasteiger partial charge in [-0.25, -0.2) is 4.52 Å². The number of hydrogen-bond donors (Lipinski definition) is 1. The van der Waals surface area contributed by atoms with Gasteiger partial charge in [0.15, 0.2) is 0 Å². The molecule has 4 rings (SSSR count). The van der Waals surface area contributed by atoms with Gasteiger partial charge in [-0.1, -0.05) is 64.6 Å². The molecular weight excluding hydrogens is 427 g/mol. The van der Waals surface area contributed by atoms with E-state index in [1.54, 1.807) is 4.52 Å². The highest BCUT2D eigenvalue weighted by Gasteiger charge is 2.20. The van der Waals surface area contributed by atoms with Crippen LogP contribution >= 0.6 is 46.1 Å². The fraction of sp³-hybridized carbons (Fsp3) is 0.0556. The Morgan fingerprint density at radius 2 is 1.78 bits per heavy atom. The Bertz CT molecular complexity index is 1170. The standard InChI is InChI=1S/C18H11Cl3N4OS/c1-9-2-4-10(5-3-9)13-8-27-18-23-17(24-25(13)18)22-16(26)14-11(19)6-7-12(20)15(14)21/h2-8H,1H3,(H,22,24,26). The summed E-state index contributed by atoms with van der Waals surface area (Å²) in [7, 11) is 0. The fourth-order valence-corrected chi connectivity index (χ4v) is 4.09. The van der Waals surface area contributed by atoms with Gasteiger partial charge in [-0.3, -0.25) is 10.1 Å². The maximum atomic E-state index is 12.6. The molecule has 5 nitrogen and oxygen atoms in total. The summed E-state index contributed by atoms with van der Waals surface area (Å²) >= 11 is 19.6. The number of carbonyl (C=O) groups is 1. The molecule has 1 amide bonds. The number of nitrogens with one attached hydrogen (secondary N) is 1. The van der Waals surface area contributed by atoms with Gasteiger partial charge in [-0.05, 0) is 19.1 Å². The zero-order valence-electron chi connectivity index (χ0n) is 13.8. The molecule has 0 spiro atoms. The maximum absolute atomic E-state index is 12.6. The smallest absolute Gasteiger partial charge is 0.261 e. The van der Waals surface area contributed by atoms with Crippen LogP contribution in [0.3, 0.4) is 0 Å². The molecule has 136 valence electrons. The van der Waals surface area contributed by atoms with Crippen molar-refractivity contribution in [1.29, 1.82) is 0 Å². The highest BCUT2D eigenvalue weighted by Crippen LogP contribution is 2.32. The summed E-state index contributed by atoms with van der Waals surface area (Å²) in [4.78, 5) is 17.6. The number of hydrogen-bond acceptors (Lipinski definition) is 4. The molecule has 2 aromatic heterocycles. The minimum atomic E-state index is -0.525. The zero-order valence-corrected chi connectivity index (χ0v) is 16.9. The van der Waals surface area contributed by atoms with Gasteiger partial charge in [0.1, 0.15) is 0 Å². The van der Waals surface area contributed by atoms with E-state index < -0.39 is 5.91 Å². The van der Waals surface area contributed by atoms with Crippen LogP contribution in [0.15, 0.2) is 41.8 Å². The van der Waals surface area contributed by atoms with E-state index >= 15 is 0 Å². The summed E-state index contributed by atoms with van der Waals surface area (Å²) < 4.78 is 1.69. The molecule has 2 aromatic carbocycles. The molecule has 0 radical (unpaired) electrons. The average Bonchev–Trinajstić information content (AvgIpc) is 3.19. The third-order valence-corrected chi connectivity index (χ3v) is 5.86. The van der Waals surface area contributed by atoms with Gasteiger partial charge in [-0.2, -0.15) is 4.98 Å². The number of rotatable bonds is 3. The third-order valence-electron chi connectivity index (χ3n) is 3.93. The molecule has 0 aliphatic heterocycles. The van der Waals surface area contributed by atoms with Crippen molar-refractivity contribution < 1.29 is 4.79 Å². The quantitative estimate of drug-likeness (QED) is 0.401. The molecule has 0 saturated carbocycles. The molecule has 1 N–H and O–H groups in total. The van der Waals surface area contributed by atoms with Crippen LogP contribution in [0.4, 0.5) is 5.95 Å². The Balaban J connectivity index is 1.67. The van der Waals surface area contributed by atoms with Crippen LogP contribution in [0.25, 0.3) is 16.2 Å².